The van der Waals surface area contributed by atoms with Crippen molar-refractivity contribution < 1.29 is 5.11 Å². The van der Waals surface area contributed by atoms with Gasteiger partial charge < -0.3 is 10.0 Å². The molecule has 1 aliphatic carbocycles. The quantitative estimate of drug-likeness (QED) is 0.829. The standard InChI is InChI=1S/C18H35NO/c1-13-6-7-14(2)19(11-13)12-15-10-16(18(3,4)5)8-9-17(15)20/h13-17,20H,6-12H2,1-5H3. The zero-order valence-electron chi connectivity index (χ0n) is 14.2. The minimum absolute atomic E-state index is 0.0713. The number of aliphatic hydroxyl groups excluding tert-OH is 1. The van der Waals surface area contributed by atoms with E-state index in [1.165, 1.54) is 32.2 Å². The fourth-order valence-corrected chi connectivity index (χ4v) is 4.17. The van der Waals surface area contributed by atoms with Crippen LogP contribution in [0.5, 0.6) is 0 Å². The number of hydrogen-bond donors (Lipinski definition) is 1. The summed E-state index contributed by atoms with van der Waals surface area (Å²) < 4.78 is 0. The number of aliphatic hydroxyl groups is 1. The first-order valence-corrected chi connectivity index (χ1v) is 8.69. The zero-order valence-corrected chi connectivity index (χ0v) is 14.2. The van der Waals surface area contributed by atoms with Crippen molar-refractivity contribution in [2.24, 2.45) is 23.2 Å². The molecule has 5 atom stereocenters. The van der Waals surface area contributed by atoms with Gasteiger partial charge in [-0.05, 0) is 62.2 Å². The first-order chi connectivity index (χ1) is 9.27. The Morgan fingerprint density at radius 1 is 1.05 bits per heavy atom. The summed E-state index contributed by atoms with van der Waals surface area (Å²) >= 11 is 0. The molecule has 2 aliphatic rings. The molecule has 2 fully saturated rings. The van der Waals surface area contributed by atoms with Gasteiger partial charge in [-0.25, -0.2) is 0 Å². The van der Waals surface area contributed by atoms with E-state index < -0.39 is 0 Å². The predicted molar refractivity (Wildman–Crippen MR) is 85.7 cm³/mol. The monoisotopic (exact) mass is 281 g/mol. The van der Waals surface area contributed by atoms with Crippen molar-refractivity contribution in [2.75, 3.05) is 13.1 Å². The Hall–Kier alpha value is -0.0800. The van der Waals surface area contributed by atoms with Crippen LogP contribution in [0.4, 0.5) is 0 Å². The van der Waals surface area contributed by atoms with Crippen molar-refractivity contribution in [1.29, 1.82) is 0 Å². The van der Waals surface area contributed by atoms with E-state index in [2.05, 4.69) is 39.5 Å². The van der Waals surface area contributed by atoms with Gasteiger partial charge in [0, 0.05) is 19.1 Å². The predicted octanol–water partition coefficient (Wildman–Crippen LogP) is 3.93. The highest BCUT2D eigenvalue weighted by Crippen LogP contribution is 2.41. The second kappa shape index (κ2) is 6.36. The van der Waals surface area contributed by atoms with E-state index in [-0.39, 0.29) is 6.10 Å². The number of hydrogen-bond acceptors (Lipinski definition) is 2. The Kier molecular flexibility index (Phi) is 5.18. The fourth-order valence-electron chi connectivity index (χ4n) is 4.17. The van der Waals surface area contributed by atoms with E-state index in [4.69, 9.17) is 0 Å². The summed E-state index contributed by atoms with van der Waals surface area (Å²) in [5, 5.41) is 10.4. The molecule has 5 unspecified atom stereocenters. The lowest BCUT2D eigenvalue weighted by atomic mass is 9.68. The van der Waals surface area contributed by atoms with Gasteiger partial charge in [-0.15, -0.1) is 0 Å². The largest absolute Gasteiger partial charge is 0.393 e. The summed E-state index contributed by atoms with van der Waals surface area (Å²) in [6.45, 7) is 14.1. The highest BCUT2D eigenvalue weighted by atomic mass is 16.3. The Bertz CT molecular complexity index is 309. The summed E-state index contributed by atoms with van der Waals surface area (Å²) in [5.74, 6) is 2.08. The third kappa shape index (κ3) is 3.98. The van der Waals surface area contributed by atoms with E-state index in [9.17, 15) is 5.11 Å². The summed E-state index contributed by atoms with van der Waals surface area (Å²) in [5.41, 5.74) is 0.388. The summed E-state index contributed by atoms with van der Waals surface area (Å²) in [6.07, 6.45) is 6.04. The second-order valence-corrected chi connectivity index (χ2v) is 8.69. The molecule has 0 aromatic carbocycles. The van der Waals surface area contributed by atoms with Crippen LogP contribution < -0.4 is 0 Å². The van der Waals surface area contributed by atoms with Gasteiger partial charge in [0.15, 0.2) is 0 Å². The van der Waals surface area contributed by atoms with Crippen LogP contribution in [0.1, 0.15) is 66.7 Å². The van der Waals surface area contributed by atoms with E-state index in [0.717, 1.165) is 24.8 Å². The van der Waals surface area contributed by atoms with Crippen LogP contribution in [0.3, 0.4) is 0 Å². The lowest BCUT2D eigenvalue weighted by Gasteiger charge is -2.44. The topological polar surface area (TPSA) is 23.5 Å². The molecule has 0 amide bonds. The molecule has 0 aromatic rings. The first kappa shape index (κ1) is 16.3. The van der Waals surface area contributed by atoms with Gasteiger partial charge in [-0.3, -0.25) is 0 Å². The maximum absolute atomic E-state index is 10.4. The first-order valence-electron chi connectivity index (χ1n) is 8.69. The minimum atomic E-state index is -0.0713. The summed E-state index contributed by atoms with van der Waals surface area (Å²) in [4.78, 5) is 2.65. The Morgan fingerprint density at radius 2 is 1.75 bits per heavy atom. The van der Waals surface area contributed by atoms with Gasteiger partial charge >= 0.3 is 0 Å². The Balaban J connectivity index is 1.95. The number of likely N-dealkylation sites (tertiary alicyclic amines) is 1. The van der Waals surface area contributed by atoms with E-state index in [1.807, 2.05) is 0 Å². The van der Waals surface area contributed by atoms with E-state index >= 15 is 0 Å². The molecule has 1 heterocycles. The molecule has 1 saturated carbocycles. The van der Waals surface area contributed by atoms with Crippen LogP contribution in [-0.4, -0.2) is 35.2 Å². The molecule has 0 bridgehead atoms. The average Bonchev–Trinajstić information content (AvgIpc) is 2.35. The molecular formula is C18H35NO. The molecule has 0 aromatic heterocycles. The molecule has 0 spiro atoms. The van der Waals surface area contributed by atoms with Crippen molar-refractivity contribution in [3.05, 3.63) is 0 Å². The molecule has 2 rings (SSSR count). The number of piperidine rings is 1. The molecule has 1 saturated heterocycles. The lowest BCUT2D eigenvalue weighted by Crippen LogP contribution is -2.47. The van der Waals surface area contributed by atoms with Crippen molar-refractivity contribution >= 4 is 0 Å². The molecule has 0 radical (unpaired) electrons. The average molecular weight is 281 g/mol. The lowest BCUT2D eigenvalue weighted by molar-refractivity contribution is -0.0108. The number of rotatable bonds is 2. The van der Waals surface area contributed by atoms with Gasteiger partial charge in [-0.2, -0.15) is 0 Å². The molecule has 1 aliphatic heterocycles. The third-order valence-electron chi connectivity index (χ3n) is 5.88. The smallest absolute Gasteiger partial charge is 0.0580 e. The molecular weight excluding hydrogens is 246 g/mol. The molecule has 1 N–H and O–H groups in total. The van der Waals surface area contributed by atoms with Gasteiger partial charge in [0.25, 0.3) is 0 Å². The van der Waals surface area contributed by atoms with Crippen LogP contribution in [0, 0.1) is 23.2 Å². The fraction of sp³-hybridized carbons (Fsp3) is 1.00. The zero-order chi connectivity index (χ0) is 14.9. The van der Waals surface area contributed by atoms with Crippen LogP contribution in [0.2, 0.25) is 0 Å². The van der Waals surface area contributed by atoms with Crippen molar-refractivity contribution in [3.63, 3.8) is 0 Å². The summed E-state index contributed by atoms with van der Waals surface area (Å²) in [7, 11) is 0. The second-order valence-electron chi connectivity index (χ2n) is 8.69. The SMILES string of the molecule is CC1CCC(C)N(CC2CC(C(C)(C)C)CCC2O)C1. The Morgan fingerprint density at radius 3 is 2.40 bits per heavy atom. The molecule has 2 nitrogen and oxygen atoms in total. The third-order valence-corrected chi connectivity index (χ3v) is 5.88. The van der Waals surface area contributed by atoms with Crippen molar-refractivity contribution in [3.8, 4) is 0 Å². The normalized spacial score (nSPS) is 40.8. The maximum Gasteiger partial charge on any atom is 0.0580 e. The van der Waals surface area contributed by atoms with Crippen molar-refractivity contribution in [1.82, 2.24) is 4.90 Å². The van der Waals surface area contributed by atoms with Crippen LogP contribution in [0.25, 0.3) is 0 Å². The highest BCUT2D eigenvalue weighted by Gasteiger charge is 2.37. The number of nitrogens with zero attached hydrogens (tertiary/aromatic N) is 1. The molecule has 2 heteroatoms. The Labute approximate surface area is 125 Å². The van der Waals surface area contributed by atoms with Gasteiger partial charge in [-0.1, -0.05) is 27.7 Å². The van der Waals surface area contributed by atoms with E-state index in [1.54, 1.807) is 0 Å². The van der Waals surface area contributed by atoms with Crippen LogP contribution in [-0.2, 0) is 0 Å². The summed E-state index contributed by atoms with van der Waals surface area (Å²) in [6, 6.07) is 0.702. The van der Waals surface area contributed by atoms with Gasteiger partial charge in [0.1, 0.15) is 0 Å². The highest BCUT2D eigenvalue weighted by molar-refractivity contribution is 4.88. The minimum Gasteiger partial charge on any atom is -0.393 e. The van der Waals surface area contributed by atoms with Gasteiger partial charge in [0.2, 0.25) is 0 Å². The maximum atomic E-state index is 10.4. The van der Waals surface area contributed by atoms with Crippen LogP contribution in [0.15, 0.2) is 0 Å². The molecule has 118 valence electrons. The molecule has 20 heavy (non-hydrogen) atoms. The van der Waals surface area contributed by atoms with Crippen molar-refractivity contribution in [2.45, 2.75) is 78.9 Å². The van der Waals surface area contributed by atoms with Crippen LogP contribution >= 0.6 is 0 Å². The van der Waals surface area contributed by atoms with Gasteiger partial charge in [0.05, 0.1) is 6.10 Å². The van der Waals surface area contributed by atoms with E-state index in [0.29, 0.717) is 17.4 Å².